The minimum absolute atomic E-state index is 0.289. The molecule has 1 heterocycles. The molecule has 0 atom stereocenters. The normalized spacial score (nSPS) is 11.9. The van der Waals surface area contributed by atoms with E-state index in [0.717, 1.165) is 12.3 Å². The third-order valence-corrected chi connectivity index (χ3v) is 2.34. The number of terminal acetylenes is 1. The van der Waals surface area contributed by atoms with E-state index in [4.69, 9.17) is 6.42 Å². The van der Waals surface area contributed by atoms with Crippen molar-refractivity contribution in [1.29, 1.82) is 0 Å². The second kappa shape index (κ2) is 4.02. The van der Waals surface area contributed by atoms with Gasteiger partial charge >= 0.3 is 15.6 Å². The molecule has 16 heavy (non-hydrogen) atoms. The second-order valence-corrected chi connectivity index (χ2v) is 4.05. The van der Waals surface area contributed by atoms with Crippen LogP contribution in [0.5, 0.6) is 5.88 Å². The van der Waals surface area contributed by atoms with E-state index in [1.807, 2.05) is 0 Å². The minimum atomic E-state index is -5.68. The molecular weight excluding hydrogens is 247 g/mol. The molecule has 0 aliphatic carbocycles. The summed E-state index contributed by atoms with van der Waals surface area (Å²) >= 11 is 0. The van der Waals surface area contributed by atoms with Crippen molar-refractivity contribution in [2.75, 3.05) is 0 Å². The fourth-order valence-electron chi connectivity index (χ4n) is 0.675. The van der Waals surface area contributed by atoms with Gasteiger partial charge in [-0.3, -0.25) is 0 Å². The Balaban J connectivity index is 2.95. The van der Waals surface area contributed by atoms with E-state index in [1.54, 1.807) is 0 Å². The van der Waals surface area contributed by atoms with Gasteiger partial charge in [-0.2, -0.15) is 21.6 Å². The number of nitrogens with zero attached hydrogens (tertiary/aromatic N) is 1. The van der Waals surface area contributed by atoms with E-state index in [-0.39, 0.29) is 5.56 Å². The Morgan fingerprint density at radius 2 is 2.00 bits per heavy atom. The van der Waals surface area contributed by atoms with Gasteiger partial charge in [-0.15, -0.1) is 6.42 Å². The van der Waals surface area contributed by atoms with E-state index in [2.05, 4.69) is 15.1 Å². The molecule has 0 bridgehead atoms. The summed E-state index contributed by atoms with van der Waals surface area (Å²) in [5.41, 5.74) is -5.20. The van der Waals surface area contributed by atoms with Gasteiger partial charge in [0.05, 0.1) is 0 Å². The summed E-state index contributed by atoms with van der Waals surface area (Å²) < 4.78 is 60.5. The van der Waals surface area contributed by atoms with Crippen molar-refractivity contribution < 1.29 is 25.8 Å². The number of pyridine rings is 1. The van der Waals surface area contributed by atoms with Crippen molar-refractivity contribution in [2.24, 2.45) is 0 Å². The molecule has 0 aliphatic rings. The largest absolute Gasteiger partial charge is 0.534 e. The first-order valence-electron chi connectivity index (χ1n) is 3.70. The molecule has 1 aromatic rings. The highest BCUT2D eigenvalue weighted by Gasteiger charge is 2.48. The Bertz CT molecular complexity index is 513. The number of hydrogen-bond donors (Lipinski definition) is 0. The molecule has 0 spiro atoms. The molecule has 0 aromatic carbocycles. The number of hydrogen-bond acceptors (Lipinski definition) is 4. The molecule has 0 saturated carbocycles. The lowest BCUT2D eigenvalue weighted by Crippen LogP contribution is -2.28. The Hall–Kier alpha value is -1.75. The van der Waals surface area contributed by atoms with Crippen LogP contribution in [0.2, 0.25) is 0 Å². The predicted molar refractivity (Wildman–Crippen MR) is 47.8 cm³/mol. The van der Waals surface area contributed by atoms with Crippen LogP contribution in [-0.4, -0.2) is 18.9 Å². The molecule has 1 aromatic heterocycles. The Labute approximate surface area is 89.2 Å². The van der Waals surface area contributed by atoms with Gasteiger partial charge in [-0.05, 0) is 6.07 Å². The third kappa shape index (κ3) is 2.64. The molecule has 0 unspecified atom stereocenters. The van der Waals surface area contributed by atoms with Crippen LogP contribution < -0.4 is 4.18 Å². The van der Waals surface area contributed by atoms with Gasteiger partial charge in [0.25, 0.3) is 0 Å². The molecule has 8 heteroatoms. The van der Waals surface area contributed by atoms with Gasteiger partial charge in [-0.1, -0.05) is 5.92 Å². The number of halogens is 3. The smallest absolute Gasteiger partial charge is 0.355 e. The summed E-state index contributed by atoms with van der Waals surface area (Å²) in [4.78, 5) is 3.30. The van der Waals surface area contributed by atoms with E-state index >= 15 is 0 Å². The maximum absolute atomic E-state index is 11.9. The lowest BCUT2D eigenvalue weighted by atomic mass is 10.3. The van der Waals surface area contributed by atoms with Gasteiger partial charge in [0.15, 0.2) is 0 Å². The SMILES string of the molecule is C#Cc1ccc(OS(=O)(=O)C(F)(F)F)nc1. The topological polar surface area (TPSA) is 56.3 Å². The van der Waals surface area contributed by atoms with Crippen molar-refractivity contribution in [3.63, 3.8) is 0 Å². The Kier molecular flexibility index (Phi) is 3.09. The van der Waals surface area contributed by atoms with Crippen LogP contribution in [0.25, 0.3) is 0 Å². The Morgan fingerprint density at radius 3 is 2.38 bits per heavy atom. The molecule has 0 amide bonds. The van der Waals surface area contributed by atoms with Gasteiger partial charge in [0.2, 0.25) is 5.88 Å². The van der Waals surface area contributed by atoms with Crippen LogP contribution in [0.1, 0.15) is 5.56 Å². The minimum Gasteiger partial charge on any atom is -0.355 e. The van der Waals surface area contributed by atoms with Gasteiger partial charge in [0.1, 0.15) is 0 Å². The molecule has 0 N–H and O–H groups in total. The van der Waals surface area contributed by atoms with E-state index in [1.165, 1.54) is 6.07 Å². The summed E-state index contributed by atoms with van der Waals surface area (Å²) in [6.07, 6.45) is 5.98. The van der Waals surface area contributed by atoms with E-state index in [0.29, 0.717) is 0 Å². The maximum atomic E-state index is 11.9. The first-order chi connectivity index (χ1) is 7.26. The zero-order valence-electron chi connectivity index (χ0n) is 7.52. The monoisotopic (exact) mass is 251 g/mol. The molecule has 0 fully saturated rings. The van der Waals surface area contributed by atoms with Gasteiger partial charge in [0, 0.05) is 17.8 Å². The lowest BCUT2D eigenvalue weighted by Gasteiger charge is -2.07. The van der Waals surface area contributed by atoms with Crippen LogP contribution in [-0.2, 0) is 10.1 Å². The first-order valence-corrected chi connectivity index (χ1v) is 5.10. The Morgan fingerprint density at radius 1 is 1.38 bits per heavy atom. The lowest BCUT2D eigenvalue weighted by molar-refractivity contribution is -0.0501. The van der Waals surface area contributed by atoms with Gasteiger partial charge < -0.3 is 4.18 Å². The average Bonchev–Trinajstić information content (AvgIpc) is 2.16. The summed E-state index contributed by atoms with van der Waals surface area (Å²) in [5.74, 6) is 1.46. The quantitative estimate of drug-likeness (QED) is 0.451. The highest BCUT2D eigenvalue weighted by atomic mass is 32.2. The van der Waals surface area contributed by atoms with Gasteiger partial charge in [-0.25, -0.2) is 4.98 Å². The average molecular weight is 251 g/mol. The second-order valence-electron chi connectivity index (χ2n) is 2.51. The molecular formula is C8H4F3NO3S. The van der Waals surface area contributed by atoms with Crippen molar-refractivity contribution in [3.05, 3.63) is 23.9 Å². The first kappa shape index (κ1) is 12.3. The van der Waals surface area contributed by atoms with Crippen LogP contribution in [0, 0.1) is 12.3 Å². The van der Waals surface area contributed by atoms with Crippen LogP contribution in [0.4, 0.5) is 13.2 Å². The number of rotatable bonds is 2. The third-order valence-electron chi connectivity index (χ3n) is 1.38. The molecule has 0 aliphatic heterocycles. The maximum Gasteiger partial charge on any atom is 0.534 e. The zero-order valence-corrected chi connectivity index (χ0v) is 8.34. The molecule has 0 radical (unpaired) electrons. The van der Waals surface area contributed by atoms with Crippen LogP contribution in [0.15, 0.2) is 18.3 Å². The number of alkyl halides is 3. The fourth-order valence-corrected chi connectivity index (χ4v) is 1.09. The van der Waals surface area contributed by atoms with Crippen molar-refractivity contribution in [3.8, 4) is 18.2 Å². The van der Waals surface area contributed by atoms with Crippen molar-refractivity contribution in [2.45, 2.75) is 5.51 Å². The summed E-state index contributed by atoms with van der Waals surface area (Å²) in [6.45, 7) is 0. The fraction of sp³-hybridized carbons (Fsp3) is 0.125. The molecule has 1 rings (SSSR count). The van der Waals surface area contributed by atoms with Crippen LogP contribution >= 0.6 is 0 Å². The summed E-state index contributed by atoms with van der Waals surface area (Å²) in [6, 6.07) is 2.13. The molecule has 4 nitrogen and oxygen atoms in total. The van der Waals surface area contributed by atoms with Crippen molar-refractivity contribution >= 4 is 10.1 Å². The summed E-state index contributed by atoms with van der Waals surface area (Å²) in [5, 5.41) is 0. The standard InChI is InChI=1S/C8H4F3NO3S/c1-2-6-3-4-7(12-5-6)15-16(13,14)8(9,10)11/h1,3-5H. The number of aromatic nitrogens is 1. The highest BCUT2D eigenvalue weighted by Crippen LogP contribution is 2.25. The summed E-state index contributed by atoms with van der Waals surface area (Å²) in [7, 11) is -5.68. The highest BCUT2D eigenvalue weighted by molar-refractivity contribution is 7.87. The van der Waals surface area contributed by atoms with E-state index < -0.39 is 21.5 Å². The van der Waals surface area contributed by atoms with Crippen LogP contribution in [0.3, 0.4) is 0 Å². The molecule has 86 valence electrons. The zero-order chi connectivity index (χ0) is 12.4. The van der Waals surface area contributed by atoms with E-state index in [9.17, 15) is 21.6 Å². The predicted octanol–water partition coefficient (Wildman–Crippen LogP) is 1.29. The van der Waals surface area contributed by atoms with Crippen molar-refractivity contribution in [1.82, 2.24) is 4.98 Å². The molecule has 0 saturated heterocycles.